The van der Waals surface area contributed by atoms with Gasteiger partial charge in [0.25, 0.3) is 0 Å². The van der Waals surface area contributed by atoms with Gasteiger partial charge in [0, 0.05) is 0 Å². The number of halogens is 3. The van der Waals surface area contributed by atoms with E-state index in [4.69, 9.17) is 28.9 Å². The summed E-state index contributed by atoms with van der Waals surface area (Å²) in [5.74, 6) is 0.310. The van der Waals surface area contributed by atoms with Crippen molar-refractivity contribution in [1.29, 1.82) is 0 Å². The van der Waals surface area contributed by atoms with Gasteiger partial charge in [-0.1, -0.05) is 41.8 Å². The summed E-state index contributed by atoms with van der Waals surface area (Å²) in [5, 5.41) is 11.0. The van der Waals surface area contributed by atoms with Gasteiger partial charge >= 0.3 is 0 Å². The summed E-state index contributed by atoms with van der Waals surface area (Å²) >= 11 is 12.0. The van der Waals surface area contributed by atoms with Crippen molar-refractivity contribution in [2.24, 2.45) is 11.7 Å². The minimum absolute atomic E-state index is 0. The van der Waals surface area contributed by atoms with Crippen molar-refractivity contribution in [3.05, 3.63) is 33.8 Å². The van der Waals surface area contributed by atoms with Gasteiger partial charge in [-0.15, -0.1) is 12.4 Å². The molecule has 0 heterocycles. The van der Waals surface area contributed by atoms with Crippen LogP contribution >= 0.6 is 35.6 Å². The Kier molecular flexibility index (Phi) is 5.55. The maximum Gasteiger partial charge on any atom is 0.0761 e. The van der Waals surface area contributed by atoms with Crippen LogP contribution in [0.1, 0.15) is 30.9 Å². The number of rotatable bonds is 3. The second kappa shape index (κ2) is 6.26. The summed E-state index contributed by atoms with van der Waals surface area (Å²) in [6, 6.07) is 4.89. The summed E-state index contributed by atoms with van der Waals surface area (Å²) in [4.78, 5) is 0. The van der Waals surface area contributed by atoms with Crippen LogP contribution in [0.2, 0.25) is 10.0 Å². The molecule has 1 aromatic rings. The van der Waals surface area contributed by atoms with E-state index >= 15 is 0 Å². The molecular formula is C12H16Cl3NO. The Hall–Kier alpha value is 0.01000. The molecule has 3 N–H and O–H groups in total. The van der Waals surface area contributed by atoms with Gasteiger partial charge in [0.05, 0.1) is 22.2 Å². The minimum atomic E-state index is -0.523. The number of hydrogen-bond donors (Lipinski definition) is 2. The maximum absolute atomic E-state index is 10.1. The highest BCUT2D eigenvalue weighted by Gasteiger charge is 2.31. The van der Waals surface area contributed by atoms with Crippen LogP contribution in [0.15, 0.2) is 18.2 Å². The third kappa shape index (κ3) is 3.07. The third-order valence-electron chi connectivity index (χ3n) is 3.34. The van der Waals surface area contributed by atoms with E-state index in [1.165, 1.54) is 6.42 Å². The molecule has 0 aliphatic heterocycles. The molecule has 0 spiro atoms. The summed E-state index contributed by atoms with van der Waals surface area (Å²) < 4.78 is 0. The highest BCUT2D eigenvalue weighted by molar-refractivity contribution is 6.42. The first-order valence-corrected chi connectivity index (χ1v) is 6.24. The lowest BCUT2D eigenvalue weighted by atomic mass is 9.77. The standard InChI is InChI=1S/C12H15Cl2NO.ClH/c13-9-6-2-5-8(10(9)14)11(15)12(16)7-3-1-4-7;/h2,5-7,11-12,16H,1,3-4,15H2;1H/t11-,12+;/m0./s1. The van der Waals surface area contributed by atoms with E-state index in [2.05, 4.69) is 0 Å². The Labute approximate surface area is 118 Å². The topological polar surface area (TPSA) is 46.2 Å². The smallest absolute Gasteiger partial charge is 0.0761 e. The van der Waals surface area contributed by atoms with Gasteiger partial charge < -0.3 is 10.8 Å². The van der Waals surface area contributed by atoms with Gasteiger partial charge in [0.1, 0.15) is 0 Å². The van der Waals surface area contributed by atoms with E-state index in [1.54, 1.807) is 12.1 Å². The molecule has 1 aliphatic carbocycles. The second-order valence-electron chi connectivity index (χ2n) is 4.35. The first-order valence-electron chi connectivity index (χ1n) is 5.49. The Balaban J connectivity index is 0.00000144. The van der Waals surface area contributed by atoms with Crippen LogP contribution in [0.5, 0.6) is 0 Å². The first-order chi connectivity index (χ1) is 7.61. The quantitative estimate of drug-likeness (QED) is 0.895. The summed E-state index contributed by atoms with van der Waals surface area (Å²) in [5.41, 5.74) is 6.76. The summed E-state index contributed by atoms with van der Waals surface area (Å²) in [6.07, 6.45) is 2.75. The third-order valence-corrected chi connectivity index (χ3v) is 4.17. The van der Waals surface area contributed by atoms with E-state index in [0.29, 0.717) is 16.0 Å². The molecule has 2 atom stereocenters. The molecule has 1 saturated carbocycles. The number of benzene rings is 1. The molecule has 1 aliphatic rings. The number of hydrogen-bond acceptors (Lipinski definition) is 2. The lowest BCUT2D eigenvalue weighted by molar-refractivity contribution is 0.0414. The van der Waals surface area contributed by atoms with Gasteiger partial charge in [-0.3, -0.25) is 0 Å². The number of nitrogens with two attached hydrogens (primary N) is 1. The van der Waals surface area contributed by atoms with Gasteiger partial charge in [0.2, 0.25) is 0 Å². The van der Waals surface area contributed by atoms with Crippen LogP contribution in [-0.4, -0.2) is 11.2 Å². The van der Waals surface area contributed by atoms with Crippen LogP contribution in [0.25, 0.3) is 0 Å². The maximum atomic E-state index is 10.1. The van der Waals surface area contributed by atoms with Crippen LogP contribution < -0.4 is 5.73 Å². The molecule has 0 saturated heterocycles. The van der Waals surface area contributed by atoms with E-state index in [0.717, 1.165) is 18.4 Å². The molecule has 1 aromatic carbocycles. The SMILES string of the molecule is Cl.N[C@@H](c1cccc(Cl)c1Cl)[C@H](O)C1CCC1. The molecule has 0 bridgehead atoms. The van der Waals surface area contributed by atoms with Crippen LogP contribution in [0, 0.1) is 5.92 Å². The Bertz CT molecular complexity index is 382. The van der Waals surface area contributed by atoms with Crippen molar-refractivity contribution in [3.63, 3.8) is 0 Å². The molecule has 5 heteroatoms. The zero-order chi connectivity index (χ0) is 11.7. The van der Waals surface area contributed by atoms with Crippen LogP contribution in [0.4, 0.5) is 0 Å². The van der Waals surface area contributed by atoms with E-state index in [1.807, 2.05) is 6.07 Å². The van der Waals surface area contributed by atoms with E-state index < -0.39 is 12.1 Å². The normalized spacial score (nSPS) is 19.1. The minimum Gasteiger partial charge on any atom is -0.391 e. The van der Waals surface area contributed by atoms with Crippen LogP contribution in [-0.2, 0) is 0 Å². The van der Waals surface area contributed by atoms with Crippen molar-refractivity contribution in [2.75, 3.05) is 0 Å². The predicted octanol–water partition coefficient (Wildman–Crippen LogP) is 3.58. The van der Waals surface area contributed by atoms with E-state index in [-0.39, 0.29) is 12.4 Å². The molecule has 0 aromatic heterocycles. The van der Waals surface area contributed by atoms with Gasteiger partial charge in [-0.05, 0) is 30.4 Å². The largest absolute Gasteiger partial charge is 0.391 e. The Morgan fingerprint density at radius 2 is 1.94 bits per heavy atom. The molecule has 0 unspecified atom stereocenters. The lowest BCUT2D eigenvalue weighted by Crippen LogP contribution is -2.36. The molecule has 2 nitrogen and oxygen atoms in total. The lowest BCUT2D eigenvalue weighted by Gasteiger charge is -2.34. The molecule has 1 fully saturated rings. The Morgan fingerprint density at radius 3 is 2.47 bits per heavy atom. The highest BCUT2D eigenvalue weighted by atomic mass is 35.5. The molecule has 0 amide bonds. The number of aliphatic hydroxyl groups is 1. The second-order valence-corrected chi connectivity index (χ2v) is 5.14. The molecule has 17 heavy (non-hydrogen) atoms. The van der Waals surface area contributed by atoms with Gasteiger partial charge in [0.15, 0.2) is 0 Å². The molecule has 96 valence electrons. The zero-order valence-electron chi connectivity index (χ0n) is 9.27. The van der Waals surface area contributed by atoms with Crippen molar-refractivity contribution in [3.8, 4) is 0 Å². The highest BCUT2D eigenvalue weighted by Crippen LogP contribution is 2.37. The predicted molar refractivity (Wildman–Crippen MR) is 74.0 cm³/mol. The molecular weight excluding hydrogens is 280 g/mol. The van der Waals surface area contributed by atoms with Crippen molar-refractivity contribution < 1.29 is 5.11 Å². The zero-order valence-corrected chi connectivity index (χ0v) is 11.6. The number of aliphatic hydroxyl groups excluding tert-OH is 1. The fourth-order valence-corrected chi connectivity index (χ4v) is 2.47. The van der Waals surface area contributed by atoms with Crippen molar-refractivity contribution in [1.82, 2.24) is 0 Å². The first kappa shape index (κ1) is 15.1. The van der Waals surface area contributed by atoms with Crippen molar-refractivity contribution in [2.45, 2.75) is 31.4 Å². The molecule has 2 rings (SSSR count). The fourth-order valence-electron chi connectivity index (χ4n) is 2.04. The summed E-state index contributed by atoms with van der Waals surface area (Å²) in [7, 11) is 0. The van der Waals surface area contributed by atoms with Gasteiger partial charge in [-0.2, -0.15) is 0 Å². The molecule has 0 radical (unpaired) electrons. The average Bonchev–Trinajstić information content (AvgIpc) is 2.18. The average molecular weight is 297 g/mol. The van der Waals surface area contributed by atoms with E-state index in [9.17, 15) is 5.11 Å². The fraction of sp³-hybridized carbons (Fsp3) is 0.500. The van der Waals surface area contributed by atoms with Crippen molar-refractivity contribution >= 4 is 35.6 Å². The van der Waals surface area contributed by atoms with Gasteiger partial charge in [-0.25, -0.2) is 0 Å². The summed E-state index contributed by atoms with van der Waals surface area (Å²) in [6.45, 7) is 0. The monoisotopic (exact) mass is 295 g/mol. The van der Waals surface area contributed by atoms with Crippen LogP contribution in [0.3, 0.4) is 0 Å². The Morgan fingerprint density at radius 1 is 1.29 bits per heavy atom.